The van der Waals surface area contributed by atoms with Gasteiger partial charge in [0, 0.05) is 17.4 Å². The van der Waals surface area contributed by atoms with E-state index in [9.17, 15) is 8.42 Å². The highest BCUT2D eigenvalue weighted by Gasteiger charge is 2.22. The second-order valence-electron chi connectivity index (χ2n) is 7.45. The van der Waals surface area contributed by atoms with Gasteiger partial charge in [-0.15, -0.1) is 0 Å². The van der Waals surface area contributed by atoms with Gasteiger partial charge in [-0.05, 0) is 65.0 Å². The first-order chi connectivity index (χ1) is 15.1. The van der Waals surface area contributed by atoms with Gasteiger partial charge in [0.2, 0.25) is 5.88 Å². The van der Waals surface area contributed by atoms with Crippen molar-refractivity contribution in [3.8, 4) is 17.4 Å². The van der Waals surface area contributed by atoms with Crippen LogP contribution in [0.5, 0.6) is 11.6 Å². The van der Waals surface area contributed by atoms with Crippen molar-refractivity contribution in [1.29, 1.82) is 0 Å². The third-order valence-electron chi connectivity index (χ3n) is 4.69. The summed E-state index contributed by atoms with van der Waals surface area (Å²) in [5.41, 5.74) is 3.13. The topological polar surface area (TPSA) is 128 Å². The Morgan fingerprint density at radius 3 is 2.31 bits per heavy atom. The molecule has 0 aliphatic heterocycles. The molecular formula is C21H23N7O3S. The zero-order valence-corrected chi connectivity index (χ0v) is 19.1. The fourth-order valence-corrected chi connectivity index (χ4v) is 4.83. The van der Waals surface area contributed by atoms with Crippen LogP contribution in [-0.2, 0) is 10.0 Å². The largest absolute Gasteiger partial charge is 0.439 e. The summed E-state index contributed by atoms with van der Waals surface area (Å²) in [7, 11) is -3.76. The van der Waals surface area contributed by atoms with Crippen LogP contribution in [0, 0.1) is 34.6 Å². The van der Waals surface area contributed by atoms with Gasteiger partial charge in [-0.1, -0.05) is 0 Å². The monoisotopic (exact) mass is 453 g/mol. The molecule has 0 fully saturated rings. The highest BCUT2D eigenvalue weighted by atomic mass is 32.2. The van der Waals surface area contributed by atoms with Gasteiger partial charge in [0.15, 0.2) is 5.82 Å². The molecule has 0 saturated heterocycles. The molecule has 3 heterocycles. The lowest BCUT2D eigenvalue weighted by Gasteiger charge is -2.11. The van der Waals surface area contributed by atoms with Crippen molar-refractivity contribution >= 4 is 15.7 Å². The van der Waals surface area contributed by atoms with E-state index in [1.54, 1.807) is 55.8 Å². The Bertz CT molecular complexity index is 1370. The molecule has 0 spiro atoms. The molecular weight excluding hydrogens is 430 g/mol. The number of ether oxygens (including phenoxy) is 1. The minimum Gasteiger partial charge on any atom is -0.439 e. The van der Waals surface area contributed by atoms with Gasteiger partial charge >= 0.3 is 0 Å². The van der Waals surface area contributed by atoms with E-state index < -0.39 is 10.0 Å². The maximum Gasteiger partial charge on any atom is 0.265 e. The van der Waals surface area contributed by atoms with Gasteiger partial charge in [-0.25, -0.2) is 18.1 Å². The first kappa shape index (κ1) is 21.5. The summed E-state index contributed by atoms with van der Waals surface area (Å²) in [6.45, 7) is 8.94. The predicted molar refractivity (Wildman–Crippen MR) is 119 cm³/mol. The van der Waals surface area contributed by atoms with E-state index in [2.05, 4.69) is 30.0 Å². The van der Waals surface area contributed by atoms with Gasteiger partial charge in [0.25, 0.3) is 10.0 Å². The standard InChI is InChI=1S/C21H23N7O3S/c1-12-10-13(2)28(26-12)19-11-20(23-16(5)22-19)31-18-8-6-17(7-9-18)27-32(29,30)21-14(3)24-25-15(21)4/h6-11,27H,1-5H3,(H,24,25). The van der Waals surface area contributed by atoms with E-state index in [0.29, 0.717) is 40.3 Å². The van der Waals surface area contributed by atoms with Crippen LogP contribution in [0.3, 0.4) is 0 Å². The highest BCUT2D eigenvalue weighted by Crippen LogP contribution is 2.25. The number of nitrogens with zero attached hydrogens (tertiary/aromatic N) is 5. The Morgan fingerprint density at radius 1 is 1.00 bits per heavy atom. The van der Waals surface area contributed by atoms with Gasteiger partial charge in [0.05, 0.1) is 17.1 Å². The lowest BCUT2D eigenvalue weighted by molar-refractivity contribution is 0.459. The number of aromatic amines is 1. The number of benzene rings is 1. The summed E-state index contributed by atoms with van der Waals surface area (Å²) in [5, 5.41) is 11.1. The van der Waals surface area contributed by atoms with Crippen LogP contribution < -0.4 is 9.46 Å². The van der Waals surface area contributed by atoms with Crippen LogP contribution in [0.1, 0.15) is 28.6 Å². The summed E-state index contributed by atoms with van der Waals surface area (Å²) in [4.78, 5) is 8.91. The number of hydrogen-bond acceptors (Lipinski definition) is 7. The molecule has 166 valence electrons. The predicted octanol–water partition coefficient (Wildman–Crippen LogP) is 3.52. The Morgan fingerprint density at radius 2 is 1.72 bits per heavy atom. The zero-order valence-electron chi connectivity index (χ0n) is 18.3. The summed E-state index contributed by atoms with van der Waals surface area (Å²) in [5.74, 6) is 2.01. The summed E-state index contributed by atoms with van der Waals surface area (Å²) >= 11 is 0. The molecule has 4 rings (SSSR count). The number of sulfonamides is 1. The molecule has 11 heteroatoms. The second kappa shape index (κ2) is 8.08. The van der Waals surface area contributed by atoms with Crippen molar-refractivity contribution in [3.63, 3.8) is 0 Å². The van der Waals surface area contributed by atoms with Crippen molar-refractivity contribution in [3.05, 3.63) is 65.0 Å². The van der Waals surface area contributed by atoms with Crippen LogP contribution in [0.25, 0.3) is 5.82 Å². The molecule has 3 aromatic heterocycles. The highest BCUT2D eigenvalue weighted by molar-refractivity contribution is 7.92. The molecule has 1 aromatic carbocycles. The van der Waals surface area contributed by atoms with E-state index in [4.69, 9.17) is 4.74 Å². The first-order valence-electron chi connectivity index (χ1n) is 9.84. The Labute approximate surface area is 185 Å². The average Bonchev–Trinajstić information content (AvgIpc) is 3.23. The number of H-pyrrole nitrogens is 1. The molecule has 4 aromatic rings. The van der Waals surface area contributed by atoms with Crippen molar-refractivity contribution in [2.24, 2.45) is 0 Å². The van der Waals surface area contributed by atoms with E-state index in [-0.39, 0.29) is 4.90 Å². The molecule has 0 unspecified atom stereocenters. The number of hydrogen-bond donors (Lipinski definition) is 2. The maximum absolute atomic E-state index is 12.7. The molecule has 0 aliphatic rings. The molecule has 0 aliphatic carbocycles. The maximum atomic E-state index is 12.7. The Hall–Kier alpha value is -3.73. The van der Waals surface area contributed by atoms with Gasteiger partial charge in [0.1, 0.15) is 16.5 Å². The Kier molecular flexibility index (Phi) is 5.43. The minimum atomic E-state index is -3.76. The number of nitrogens with one attached hydrogen (secondary N) is 2. The number of aromatic nitrogens is 6. The Balaban J connectivity index is 1.54. The smallest absolute Gasteiger partial charge is 0.265 e. The van der Waals surface area contributed by atoms with Crippen LogP contribution in [0.2, 0.25) is 0 Å². The zero-order chi connectivity index (χ0) is 23.0. The molecule has 0 amide bonds. The van der Waals surface area contributed by atoms with Crippen LogP contribution >= 0.6 is 0 Å². The SMILES string of the molecule is Cc1cc(C)n(-c2cc(Oc3ccc(NS(=O)(=O)c4c(C)n[nH]c4C)cc3)nc(C)n2)n1. The van der Waals surface area contributed by atoms with E-state index in [1.807, 2.05) is 19.9 Å². The lowest BCUT2D eigenvalue weighted by atomic mass is 10.3. The van der Waals surface area contributed by atoms with Crippen molar-refractivity contribution in [2.75, 3.05) is 4.72 Å². The third kappa shape index (κ3) is 4.33. The number of aryl methyl sites for hydroxylation is 5. The number of rotatable bonds is 6. The molecule has 0 atom stereocenters. The van der Waals surface area contributed by atoms with Crippen LogP contribution in [0.15, 0.2) is 41.3 Å². The van der Waals surface area contributed by atoms with Gasteiger partial charge in [-0.2, -0.15) is 15.2 Å². The summed E-state index contributed by atoms with van der Waals surface area (Å²) < 4.78 is 35.6. The van der Waals surface area contributed by atoms with E-state index in [1.165, 1.54) is 0 Å². The van der Waals surface area contributed by atoms with E-state index >= 15 is 0 Å². The van der Waals surface area contributed by atoms with E-state index in [0.717, 1.165) is 11.4 Å². The lowest BCUT2D eigenvalue weighted by Crippen LogP contribution is -2.14. The molecule has 0 bridgehead atoms. The normalized spacial score (nSPS) is 11.5. The molecule has 32 heavy (non-hydrogen) atoms. The van der Waals surface area contributed by atoms with Crippen LogP contribution in [-0.4, -0.2) is 38.4 Å². The average molecular weight is 454 g/mol. The van der Waals surface area contributed by atoms with Crippen LogP contribution in [0.4, 0.5) is 5.69 Å². The fraction of sp³-hybridized carbons (Fsp3) is 0.238. The van der Waals surface area contributed by atoms with Crippen molar-refractivity contribution in [2.45, 2.75) is 39.5 Å². The summed E-state index contributed by atoms with van der Waals surface area (Å²) in [6, 6.07) is 10.2. The quantitative estimate of drug-likeness (QED) is 0.457. The van der Waals surface area contributed by atoms with Crippen molar-refractivity contribution in [1.82, 2.24) is 29.9 Å². The fourth-order valence-electron chi connectivity index (χ4n) is 3.40. The minimum absolute atomic E-state index is 0.144. The first-order valence-corrected chi connectivity index (χ1v) is 11.3. The third-order valence-corrected chi connectivity index (χ3v) is 6.33. The summed E-state index contributed by atoms with van der Waals surface area (Å²) in [6.07, 6.45) is 0. The molecule has 0 saturated carbocycles. The van der Waals surface area contributed by atoms with Crippen molar-refractivity contribution < 1.29 is 13.2 Å². The van der Waals surface area contributed by atoms with Gasteiger partial charge in [-0.3, -0.25) is 9.82 Å². The molecule has 2 N–H and O–H groups in total. The molecule has 10 nitrogen and oxygen atoms in total. The number of anilines is 1. The van der Waals surface area contributed by atoms with Gasteiger partial charge < -0.3 is 4.74 Å². The second-order valence-corrected chi connectivity index (χ2v) is 9.06. The molecule has 0 radical (unpaired) electrons.